The van der Waals surface area contributed by atoms with E-state index >= 15 is 0 Å². The number of likely N-dealkylation sites (tertiary alicyclic amines) is 2. The first-order valence-corrected chi connectivity index (χ1v) is 11.9. The van der Waals surface area contributed by atoms with Gasteiger partial charge in [0.2, 0.25) is 5.91 Å². The van der Waals surface area contributed by atoms with Gasteiger partial charge in [0, 0.05) is 44.6 Å². The molecule has 29 heavy (non-hydrogen) atoms. The van der Waals surface area contributed by atoms with Gasteiger partial charge in [-0.3, -0.25) is 9.69 Å². The van der Waals surface area contributed by atoms with E-state index in [0.29, 0.717) is 24.4 Å². The average Bonchev–Trinajstić information content (AvgIpc) is 3.08. The Morgan fingerprint density at radius 2 is 1.93 bits per heavy atom. The number of thiazole rings is 1. The van der Waals surface area contributed by atoms with Crippen LogP contribution in [0.5, 0.6) is 0 Å². The third-order valence-electron chi connectivity index (χ3n) is 6.31. The van der Waals surface area contributed by atoms with Crippen molar-refractivity contribution in [2.24, 2.45) is 5.92 Å². The van der Waals surface area contributed by atoms with E-state index in [1.54, 1.807) is 11.3 Å². The number of aromatic nitrogens is 1. The van der Waals surface area contributed by atoms with Crippen molar-refractivity contribution < 1.29 is 4.79 Å². The second kappa shape index (κ2) is 9.11. The van der Waals surface area contributed by atoms with Crippen LogP contribution in [0.15, 0.2) is 24.3 Å². The highest BCUT2D eigenvalue weighted by atomic mass is 32.1. The van der Waals surface area contributed by atoms with Crippen LogP contribution >= 0.6 is 11.3 Å². The molecule has 4 rings (SSSR count). The lowest BCUT2D eigenvalue weighted by Gasteiger charge is -2.50. The molecule has 2 aliphatic rings. The molecule has 6 heteroatoms. The Balaban J connectivity index is 1.28. The summed E-state index contributed by atoms with van der Waals surface area (Å²) in [6.45, 7) is 9.94. The number of nitrogens with zero attached hydrogens (tertiary/aromatic N) is 4. The Morgan fingerprint density at radius 3 is 2.62 bits per heavy atom. The lowest BCUT2D eigenvalue weighted by Crippen LogP contribution is -2.64. The molecule has 2 saturated heterocycles. The fourth-order valence-corrected chi connectivity index (χ4v) is 5.58. The number of piperidine rings is 1. The van der Waals surface area contributed by atoms with E-state index in [0.717, 1.165) is 36.6 Å². The van der Waals surface area contributed by atoms with Gasteiger partial charge in [0.05, 0.1) is 15.2 Å². The van der Waals surface area contributed by atoms with Crippen LogP contribution in [0.4, 0.5) is 0 Å². The van der Waals surface area contributed by atoms with Gasteiger partial charge in [-0.25, -0.2) is 4.98 Å². The van der Waals surface area contributed by atoms with Gasteiger partial charge in [-0.2, -0.15) is 0 Å². The first kappa shape index (κ1) is 20.8. The Kier molecular flexibility index (Phi) is 6.52. The zero-order chi connectivity index (χ0) is 20.4. The van der Waals surface area contributed by atoms with E-state index in [1.165, 1.54) is 30.6 Å². The average molecular weight is 415 g/mol. The monoisotopic (exact) mass is 414 g/mol. The van der Waals surface area contributed by atoms with Crippen molar-refractivity contribution >= 4 is 27.5 Å². The largest absolute Gasteiger partial charge is 0.339 e. The minimum atomic E-state index is 0.286. The van der Waals surface area contributed by atoms with Crippen molar-refractivity contribution in [3.8, 4) is 0 Å². The summed E-state index contributed by atoms with van der Waals surface area (Å²) in [5, 5.41) is 1.07. The number of para-hydroxylation sites is 1. The molecule has 0 aliphatic carbocycles. The molecule has 5 nitrogen and oxygen atoms in total. The molecular formula is C23H34N4OS. The number of aryl methyl sites for hydroxylation is 1. The zero-order valence-corrected chi connectivity index (χ0v) is 18.8. The van der Waals surface area contributed by atoms with Crippen molar-refractivity contribution in [1.29, 1.82) is 0 Å². The highest BCUT2D eigenvalue weighted by Gasteiger charge is 2.38. The van der Waals surface area contributed by atoms with Gasteiger partial charge in [0.15, 0.2) is 0 Å². The second-order valence-electron chi connectivity index (χ2n) is 9.15. The van der Waals surface area contributed by atoms with E-state index < -0.39 is 0 Å². The Labute approximate surface area is 178 Å². The minimum Gasteiger partial charge on any atom is -0.339 e. The van der Waals surface area contributed by atoms with Gasteiger partial charge in [0.1, 0.15) is 0 Å². The van der Waals surface area contributed by atoms with E-state index in [-0.39, 0.29) is 5.91 Å². The maximum absolute atomic E-state index is 12.7. The predicted octanol–water partition coefficient (Wildman–Crippen LogP) is 3.49. The quantitative estimate of drug-likeness (QED) is 0.695. The maximum atomic E-state index is 12.7. The number of fused-ring (bicyclic) bond motifs is 1. The predicted molar refractivity (Wildman–Crippen MR) is 120 cm³/mol. The number of amides is 1. The molecule has 0 N–H and O–H groups in total. The highest BCUT2D eigenvalue weighted by Crippen LogP contribution is 2.26. The van der Waals surface area contributed by atoms with Crippen molar-refractivity contribution in [3.05, 3.63) is 29.3 Å². The summed E-state index contributed by atoms with van der Waals surface area (Å²) in [5.41, 5.74) is 1.05. The minimum absolute atomic E-state index is 0.286. The molecule has 0 atom stereocenters. The van der Waals surface area contributed by atoms with Crippen LogP contribution in [-0.4, -0.2) is 77.4 Å². The third kappa shape index (κ3) is 4.98. The van der Waals surface area contributed by atoms with Crippen LogP contribution in [-0.2, 0) is 11.2 Å². The van der Waals surface area contributed by atoms with Crippen molar-refractivity contribution in [3.63, 3.8) is 0 Å². The van der Waals surface area contributed by atoms with Gasteiger partial charge in [-0.1, -0.05) is 26.0 Å². The third-order valence-corrected chi connectivity index (χ3v) is 7.40. The fraction of sp³-hybridized carbons (Fsp3) is 0.652. The summed E-state index contributed by atoms with van der Waals surface area (Å²) < 4.78 is 1.21. The van der Waals surface area contributed by atoms with Crippen molar-refractivity contribution in [2.45, 2.75) is 51.6 Å². The molecule has 1 aromatic heterocycles. The van der Waals surface area contributed by atoms with Crippen LogP contribution in [0.1, 0.15) is 38.1 Å². The molecule has 3 heterocycles. The molecule has 2 aromatic rings. The zero-order valence-electron chi connectivity index (χ0n) is 18.0. The summed E-state index contributed by atoms with van der Waals surface area (Å²) in [6, 6.07) is 9.43. The van der Waals surface area contributed by atoms with E-state index in [1.807, 2.05) is 18.2 Å². The van der Waals surface area contributed by atoms with E-state index in [9.17, 15) is 4.79 Å². The lowest BCUT2D eigenvalue weighted by atomic mass is 9.96. The van der Waals surface area contributed by atoms with Crippen molar-refractivity contribution in [1.82, 2.24) is 19.7 Å². The number of hydrogen-bond donors (Lipinski definition) is 0. The molecule has 0 spiro atoms. The number of carbonyl (C=O) groups excluding carboxylic acids is 1. The van der Waals surface area contributed by atoms with E-state index in [2.05, 4.69) is 46.6 Å². The molecule has 2 aliphatic heterocycles. The Morgan fingerprint density at radius 1 is 1.21 bits per heavy atom. The second-order valence-corrected chi connectivity index (χ2v) is 10.3. The van der Waals surface area contributed by atoms with Crippen LogP contribution in [0.3, 0.4) is 0 Å². The fourth-order valence-electron chi connectivity index (χ4n) is 4.61. The van der Waals surface area contributed by atoms with Crippen molar-refractivity contribution in [2.75, 3.05) is 39.8 Å². The van der Waals surface area contributed by atoms with Gasteiger partial charge in [0.25, 0.3) is 0 Å². The lowest BCUT2D eigenvalue weighted by molar-refractivity contribution is -0.140. The normalized spacial score (nSPS) is 19.4. The maximum Gasteiger partial charge on any atom is 0.223 e. The first-order valence-electron chi connectivity index (χ1n) is 11.1. The topological polar surface area (TPSA) is 39.7 Å². The number of carbonyl (C=O) groups is 1. The van der Waals surface area contributed by atoms with Gasteiger partial charge in [-0.15, -0.1) is 11.3 Å². The highest BCUT2D eigenvalue weighted by molar-refractivity contribution is 7.18. The van der Waals surface area contributed by atoms with Crippen LogP contribution < -0.4 is 0 Å². The van der Waals surface area contributed by atoms with Crippen LogP contribution in [0.25, 0.3) is 10.2 Å². The molecule has 158 valence electrons. The molecule has 2 fully saturated rings. The van der Waals surface area contributed by atoms with Crippen LogP contribution in [0.2, 0.25) is 0 Å². The summed E-state index contributed by atoms with van der Waals surface area (Å²) in [6.07, 6.45) is 3.84. The first-order chi connectivity index (χ1) is 14.0. The summed E-state index contributed by atoms with van der Waals surface area (Å²) in [7, 11) is 2.22. The number of rotatable bonds is 7. The summed E-state index contributed by atoms with van der Waals surface area (Å²) in [4.78, 5) is 24.6. The molecule has 1 amide bonds. The van der Waals surface area contributed by atoms with Gasteiger partial charge >= 0.3 is 0 Å². The Bertz CT molecular complexity index is 788. The number of benzene rings is 1. The standard InChI is InChI=1S/C23H34N4OS/c1-17(2)14-27(18-10-12-25(3)13-11-18)19-15-26(16-19)23(28)9-8-22-24-20-6-4-5-7-21(20)29-22/h4-7,17-19H,8-16H2,1-3H3. The van der Waals surface area contributed by atoms with Gasteiger partial charge in [-0.05, 0) is 51.0 Å². The van der Waals surface area contributed by atoms with E-state index in [4.69, 9.17) is 0 Å². The Hall–Kier alpha value is -1.50. The smallest absolute Gasteiger partial charge is 0.223 e. The molecule has 0 unspecified atom stereocenters. The number of hydrogen-bond acceptors (Lipinski definition) is 5. The molecular weight excluding hydrogens is 380 g/mol. The SMILES string of the molecule is CC(C)CN(C1CCN(C)CC1)C1CN(C(=O)CCc2nc3ccccc3s2)C1. The molecule has 0 radical (unpaired) electrons. The molecule has 0 bridgehead atoms. The molecule has 1 aromatic carbocycles. The van der Waals surface area contributed by atoms with Gasteiger partial charge < -0.3 is 9.80 Å². The molecule has 0 saturated carbocycles. The van der Waals surface area contributed by atoms with Crippen LogP contribution in [0, 0.1) is 5.92 Å². The summed E-state index contributed by atoms with van der Waals surface area (Å²) in [5.74, 6) is 0.951. The summed E-state index contributed by atoms with van der Waals surface area (Å²) >= 11 is 1.71.